The van der Waals surface area contributed by atoms with Gasteiger partial charge in [0.15, 0.2) is 11.5 Å². The van der Waals surface area contributed by atoms with Crippen LogP contribution in [0.3, 0.4) is 0 Å². The van der Waals surface area contributed by atoms with Crippen LogP contribution in [0, 0.1) is 0 Å². The van der Waals surface area contributed by atoms with Crippen molar-refractivity contribution in [2.75, 3.05) is 7.11 Å². The van der Waals surface area contributed by atoms with Gasteiger partial charge in [-0.3, -0.25) is 4.68 Å². The second kappa shape index (κ2) is 5.34. The number of phenolic OH excluding ortho intramolecular Hbond substituents is 1. The van der Waals surface area contributed by atoms with E-state index in [-0.39, 0.29) is 5.75 Å². The van der Waals surface area contributed by atoms with Gasteiger partial charge in [0.2, 0.25) is 0 Å². The summed E-state index contributed by atoms with van der Waals surface area (Å²) in [5.74, 6) is 0.691. The molecule has 0 aliphatic carbocycles. The van der Waals surface area contributed by atoms with Gasteiger partial charge in [-0.1, -0.05) is 6.07 Å². The van der Waals surface area contributed by atoms with Gasteiger partial charge in [-0.05, 0) is 30.5 Å². The van der Waals surface area contributed by atoms with Gasteiger partial charge in [0.1, 0.15) is 12.7 Å². The Labute approximate surface area is 99.7 Å². The molecule has 0 amide bonds. The molecule has 0 radical (unpaired) electrons. The maximum absolute atomic E-state index is 9.46. The van der Waals surface area contributed by atoms with Crippen LogP contribution in [0.25, 0.3) is 0 Å². The molecule has 5 heteroatoms. The van der Waals surface area contributed by atoms with Crippen molar-refractivity contribution < 1.29 is 9.84 Å². The number of aryl methyl sites for hydroxylation is 2. The van der Waals surface area contributed by atoms with Crippen LogP contribution in [-0.2, 0) is 13.0 Å². The first-order valence-corrected chi connectivity index (χ1v) is 5.48. The summed E-state index contributed by atoms with van der Waals surface area (Å²) in [7, 11) is 1.55. The summed E-state index contributed by atoms with van der Waals surface area (Å²) in [6.07, 6.45) is 5.12. The van der Waals surface area contributed by atoms with E-state index in [0.29, 0.717) is 5.75 Å². The second-order valence-corrected chi connectivity index (χ2v) is 3.77. The molecule has 0 bridgehead atoms. The van der Waals surface area contributed by atoms with Crippen molar-refractivity contribution in [2.24, 2.45) is 0 Å². The Bertz CT molecular complexity index is 469. The Hall–Kier alpha value is -2.04. The molecule has 1 heterocycles. The third-order valence-electron chi connectivity index (χ3n) is 2.56. The van der Waals surface area contributed by atoms with Crippen molar-refractivity contribution in [1.82, 2.24) is 14.8 Å². The molecular formula is C12H15N3O2. The molecule has 17 heavy (non-hydrogen) atoms. The van der Waals surface area contributed by atoms with Crippen molar-refractivity contribution in [3.63, 3.8) is 0 Å². The molecule has 90 valence electrons. The number of phenols is 1. The number of nitrogens with zero attached hydrogens (tertiary/aromatic N) is 3. The summed E-state index contributed by atoms with van der Waals surface area (Å²) in [4.78, 5) is 3.89. The molecule has 0 spiro atoms. The van der Waals surface area contributed by atoms with Crippen molar-refractivity contribution in [3.05, 3.63) is 36.4 Å². The van der Waals surface area contributed by atoms with Crippen molar-refractivity contribution in [2.45, 2.75) is 19.4 Å². The molecule has 0 fully saturated rings. The fourth-order valence-electron chi connectivity index (χ4n) is 1.67. The molecule has 1 N–H and O–H groups in total. The van der Waals surface area contributed by atoms with Crippen LogP contribution in [0.4, 0.5) is 0 Å². The Morgan fingerprint density at radius 3 is 3.00 bits per heavy atom. The highest BCUT2D eigenvalue weighted by Gasteiger charge is 2.02. The number of benzene rings is 1. The molecule has 0 saturated carbocycles. The quantitative estimate of drug-likeness (QED) is 0.852. The molecule has 5 nitrogen and oxygen atoms in total. The number of aromatic nitrogens is 3. The van der Waals surface area contributed by atoms with Crippen molar-refractivity contribution in [1.29, 1.82) is 0 Å². The van der Waals surface area contributed by atoms with E-state index in [1.54, 1.807) is 24.2 Å². The lowest BCUT2D eigenvalue weighted by atomic mass is 10.1. The summed E-state index contributed by atoms with van der Waals surface area (Å²) in [6.45, 7) is 0.836. The first-order chi connectivity index (χ1) is 8.29. The van der Waals surface area contributed by atoms with Crippen LogP contribution < -0.4 is 4.74 Å². The summed E-state index contributed by atoms with van der Waals surface area (Å²) in [5.41, 5.74) is 1.14. The largest absolute Gasteiger partial charge is 0.504 e. The standard InChI is InChI=1S/C12H15N3O2/c1-17-12-7-10(4-5-11(12)16)3-2-6-15-9-13-8-14-15/h4-5,7-9,16H,2-3,6H2,1H3. The summed E-state index contributed by atoms with van der Waals surface area (Å²) in [6, 6.07) is 5.42. The third kappa shape index (κ3) is 2.96. The zero-order valence-corrected chi connectivity index (χ0v) is 9.71. The van der Waals surface area contributed by atoms with Gasteiger partial charge in [-0.15, -0.1) is 0 Å². The number of aromatic hydroxyl groups is 1. The van der Waals surface area contributed by atoms with E-state index in [9.17, 15) is 5.11 Å². The number of ether oxygens (including phenoxy) is 1. The average molecular weight is 233 g/mol. The minimum atomic E-state index is 0.174. The number of methoxy groups -OCH3 is 1. The fourth-order valence-corrected chi connectivity index (χ4v) is 1.67. The monoisotopic (exact) mass is 233 g/mol. The summed E-state index contributed by atoms with van der Waals surface area (Å²) >= 11 is 0. The van der Waals surface area contributed by atoms with Gasteiger partial charge >= 0.3 is 0 Å². The predicted molar refractivity (Wildman–Crippen MR) is 63.0 cm³/mol. The van der Waals surface area contributed by atoms with Crippen LogP contribution in [0.2, 0.25) is 0 Å². The zero-order chi connectivity index (χ0) is 12.1. The van der Waals surface area contributed by atoms with Crippen molar-refractivity contribution >= 4 is 0 Å². The van der Waals surface area contributed by atoms with E-state index in [1.807, 2.05) is 12.1 Å². The molecule has 0 aliphatic rings. The Morgan fingerprint density at radius 1 is 1.41 bits per heavy atom. The maximum atomic E-state index is 9.46. The van der Waals surface area contributed by atoms with E-state index >= 15 is 0 Å². The van der Waals surface area contributed by atoms with Gasteiger partial charge in [0, 0.05) is 6.54 Å². The SMILES string of the molecule is COc1cc(CCCn2cncn2)ccc1O. The third-order valence-corrected chi connectivity index (χ3v) is 2.56. The smallest absolute Gasteiger partial charge is 0.160 e. The molecule has 0 atom stereocenters. The van der Waals surface area contributed by atoms with E-state index in [4.69, 9.17) is 4.74 Å². The maximum Gasteiger partial charge on any atom is 0.160 e. The normalized spacial score (nSPS) is 10.4. The number of rotatable bonds is 5. The van der Waals surface area contributed by atoms with Crippen LogP contribution in [0.5, 0.6) is 11.5 Å². The first kappa shape index (κ1) is 11.4. The lowest BCUT2D eigenvalue weighted by Gasteiger charge is -2.06. The minimum Gasteiger partial charge on any atom is -0.504 e. The van der Waals surface area contributed by atoms with Crippen LogP contribution in [0.15, 0.2) is 30.9 Å². The van der Waals surface area contributed by atoms with Gasteiger partial charge < -0.3 is 9.84 Å². The lowest BCUT2D eigenvalue weighted by Crippen LogP contribution is -2.00. The summed E-state index contributed by atoms with van der Waals surface area (Å²) < 4.78 is 6.86. The first-order valence-electron chi connectivity index (χ1n) is 5.48. The molecule has 0 saturated heterocycles. The predicted octanol–water partition coefficient (Wildman–Crippen LogP) is 1.63. The highest BCUT2D eigenvalue weighted by Crippen LogP contribution is 2.26. The van der Waals surface area contributed by atoms with Crippen LogP contribution in [-0.4, -0.2) is 27.0 Å². The highest BCUT2D eigenvalue weighted by atomic mass is 16.5. The number of hydrogen-bond donors (Lipinski definition) is 1. The van der Waals surface area contributed by atoms with Gasteiger partial charge in [-0.25, -0.2) is 4.98 Å². The van der Waals surface area contributed by atoms with E-state index in [0.717, 1.165) is 24.9 Å². The molecule has 2 aromatic rings. The van der Waals surface area contributed by atoms with Gasteiger partial charge in [-0.2, -0.15) is 5.10 Å². The molecular weight excluding hydrogens is 218 g/mol. The van der Waals surface area contributed by atoms with E-state index in [2.05, 4.69) is 10.1 Å². The molecule has 0 unspecified atom stereocenters. The lowest BCUT2D eigenvalue weighted by molar-refractivity contribution is 0.373. The zero-order valence-electron chi connectivity index (χ0n) is 9.71. The van der Waals surface area contributed by atoms with Crippen molar-refractivity contribution in [3.8, 4) is 11.5 Å². The molecule has 1 aromatic heterocycles. The van der Waals surface area contributed by atoms with Gasteiger partial charge in [0.05, 0.1) is 7.11 Å². The van der Waals surface area contributed by atoms with Crippen LogP contribution in [0.1, 0.15) is 12.0 Å². The minimum absolute atomic E-state index is 0.174. The Kier molecular flexibility index (Phi) is 3.59. The van der Waals surface area contributed by atoms with Crippen LogP contribution >= 0.6 is 0 Å². The van der Waals surface area contributed by atoms with Gasteiger partial charge in [0.25, 0.3) is 0 Å². The highest BCUT2D eigenvalue weighted by molar-refractivity contribution is 5.41. The molecule has 2 rings (SSSR count). The van der Waals surface area contributed by atoms with E-state index in [1.165, 1.54) is 6.33 Å². The molecule has 1 aromatic carbocycles. The molecule has 0 aliphatic heterocycles. The number of hydrogen-bond acceptors (Lipinski definition) is 4. The average Bonchev–Trinajstić information content (AvgIpc) is 2.84. The second-order valence-electron chi connectivity index (χ2n) is 3.77. The summed E-state index contributed by atoms with van der Waals surface area (Å²) in [5, 5.41) is 13.5. The van der Waals surface area contributed by atoms with E-state index < -0.39 is 0 Å². The Morgan fingerprint density at radius 2 is 2.29 bits per heavy atom. The topological polar surface area (TPSA) is 60.2 Å². The Balaban J connectivity index is 1.90. The fraction of sp³-hybridized carbons (Fsp3) is 0.333.